The summed E-state index contributed by atoms with van der Waals surface area (Å²) in [4.78, 5) is 0. The molecule has 1 aromatic carbocycles. The molecule has 0 radical (unpaired) electrons. The van der Waals surface area contributed by atoms with Crippen molar-refractivity contribution in [1.29, 1.82) is 0 Å². The smallest absolute Gasteiger partial charge is 0.314 e. The molecule has 18 heavy (non-hydrogen) atoms. The molecule has 0 amide bonds. The minimum absolute atomic E-state index is 0.0365. The molecule has 1 aromatic rings. The van der Waals surface area contributed by atoms with Crippen molar-refractivity contribution in [3.63, 3.8) is 0 Å². The topological polar surface area (TPSA) is 12.0 Å². The van der Waals surface area contributed by atoms with Gasteiger partial charge in [-0.2, -0.15) is 13.2 Å². The van der Waals surface area contributed by atoms with Gasteiger partial charge in [-0.05, 0) is 31.2 Å². The molecule has 0 unspecified atom stereocenters. The number of nitrogens with one attached hydrogen (secondary N) is 1. The van der Waals surface area contributed by atoms with Crippen LogP contribution in [0.4, 0.5) is 13.2 Å². The van der Waals surface area contributed by atoms with Gasteiger partial charge in [0.1, 0.15) is 0 Å². The van der Waals surface area contributed by atoms with Crippen molar-refractivity contribution in [2.24, 2.45) is 0 Å². The molecule has 1 nitrogen and oxygen atoms in total. The molecule has 100 valence electrons. The van der Waals surface area contributed by atoms with Crippen LogP contribution in [0.1, 0.15) is 36.3 Å². The third-order valence-electron chi connectivity index (χ3n) is 3.53. The summed E-state index contributed by atoms with van der Waals surface area (Å²) in [5, 5.41) is 2.97. The van der Waals surface area contributed by atoms with Crippen LogP contribution < -0.4 is 5.32 Å². The zero-order valence-corrected chi connectivity index (χ0v) is 10.4. The Hall–Kier alpha value is -1.03. The van der Waals surface area contributed by atoms with Gasteiger partial charge in [-0.15, -0.1) is 0 Å². The van der Waals surface area contributed by atoms with Crippen molar-refractivity contribution < 1.29 is 13.2 Å². The Bertz CT molecular complexity index is 377. The zero-order chi connectivity index (χ0) is 13.2. The second kappa shape index (κ2) is 5.31. The number of benzene rings is 1. The van der Waals surface area contributed by atoms with Crippen molar-refractivity contribution >= 4 is 0 Å². The van der Waals surface area contributed by atoms with E-state index in [9.17, 15) is 13.2 Å². The minimum Gasteiger partial charge on any atom is -0.314 e. The SMILES string of the molecule is Cc1ccc(C2CC(NCCC(F)(F)F)C2)cc1. The molecule has 0 saturated heterocycles. The number of halogens is 3. The molecule has 0 aliphatic heterocycles. The van der Waals surface area contributed by atoms with Crippen LogP contribution in [-0.2, 0) is 0 Å². The summed E-state index contributed by atoms with van der Waals surface area (Å²) in [5.41, 5.74) is 2.53. The maximum atomic E-state index is 12.0. The number of rotatable bonds is 4. The fourth-order valence-corrected chi connectivity index (χ4v) is 2.31. The molecule has 0 atom stereocenters. The molecule has 1 aliphatic carbocycles. The van der Waals surface area contributed by atoms with Crippen LogP contribution in [0.5, 0.6) is 0 Å². The third-order valence-corrected chi connectivity index (χ3v) is 3.53. The summed E-state index contributed by atoms with van der Waals surface area (Å²) in [5.74, 6) is 0.508. The van der Waals surface area contributed by atoms with Crippen molar-refractivity contribution in [2.75, 3.05) is 6.54 Å². The normalized spacial score (nSPS) is 23.8. The first-order chi connectivity index (χ1) is 8.44. The summed E-state index contributed by atoms with van der Waals surface area (Å²) in [6.07, 6.45) is -2.90. The molecule has 0 bridgehead atoms. The van der Waals surface area contributed by atoms with Gasteiger partial charge in [-0.1, -0.05) is 29.8 Å². The third kappa shape index (κ3) is 3.73. The lowest BCUT2D eigenvalue weighted by atomic mass is 9.76. The summed E-state index contributed by atoms with van der Waals surface area (Å²) >= 11 is 0. The van der Waals surface area contributed by atoms with Crippen molar-refractivity contribution in [3.8, 4) is 0 Å². The second-order valence-electron chi connectivity index (χ2n) is 5.10. The van der Waals surface area contributed by atoms with E-state index >= 15 is 0 Å². The van der Waals surface area contributed by atoms with E-state index in [2.05, 4.69) is 29.6 Å². The summed E-state index contributed by atoms with van der Waals surface area (Å²) in [6.45, 7) is 2.08. The van der Waals surface area contributed by atoms with Crippen LogP contribution in [0.25, 0.3) is 0 Å². The number of aryl methyl sites for hydroxylation is 1. The molecule has 1 saturated carbocycles. The van der Waals surface area contributed by atoms with Crippen LogP contribution in [0, 0.1) is 6.92 Å². The molecule has 0 heterocycles. The van der Waals surface area contributed by atoms with E-state index in [1.807, 2.05) is 6.92 Å². The lowest BCUT2D eigenvalue weighted by Crippen LogP contribution is -2.41. The van der Waals surface area contributed by atoms with Gasteiger partial charge < -0.3 is 5.32 Å². The minimum atomic E-state index is -4.05. The van der Waals surface area contributed by atoms with Crippen molar-refractivity contribution in [1.82, 2.24) is 5.32 Å². The highest BCUT2D eigenvalue weighted by Crippen LogP contribution is 2.37. The molecule has 4 heteroatoms. The monoisotopic (exact) mass is 257 g/mol. The zero-order valence-electron chi connectivity index (χ0n) is 10.4. The lowest BCUT2D eigenvalue weighted by Gasteiger charge is -2.36. The maximum absolute atomic E-state index is 12.0. The van der Waals surface area contributed by atoms with Crippen molar-refractivity contribution in [3.05, 3.63) is 35.4 Å². The Morgan fingerprint density at radius 1 is 1.17 bits per heavy atom. The van der Waals surface area contributed by atoms with E-state index in [0.29, 0.717) is 5.92 Å². The van der Waals surface area contributed by atoms with Crippen LogP contribution in [0.2, 0.25) is 0 Å². The highest BCUT2D eigenvalue weighted by Gasteiger charge is 2.31. The van der Waals surface area contributed by atoms with Crippen LogP contribution in [0.3, 0.4) is 0 Å². The lowest BCUT2D eigenvalue weighted by molar-refractivity contribution is -0.133. The average molecular weight is 257 g/mol. The average Bonchev–Trinajstić information content (AvgIpc) is 2.22. The van der Waals surface area contributed by atoms with Crippen LogP contribution >= 0.6 is 0 Å². The van der Waals surface area contributed by atoms with Gasteiger partial charge in [-0.25, -0.2) is 0 Å². The van der Waals surface area contributed by atoms with E-state index in [0.717, 1.165) is 12.8 Å². The molecule has 0 aromatic heterocycles. The molecule has 1 N–H and O–H groups in total. The fraction of sp³-hybridized carbons (Fsp3) is 0.571. The Morgan fingerprint density at radius 2 is 1.78 bits per heavy atom. The van der Waals surface area contributed by atoms with Crippen molar-refractivity contribution in [2.45, 2.75) is 44.3 Å². The summed E-state index contributed by atoms with van der Waals surface area (Å²) < 4.78 is 35.9. The summed E-state index contributed by atoms with van der Waals surface area (Å²) in [7, 11) is 0. The molecule has 0 spiro atoms. The molecular formula is C14H18F3N. The van der Waals surface area contributed by atoms with E-state index in [-0.39, 0.29) is 12.6 Å². The van der Waals surface area contributed by atoms with Gasteiger partial charge in [0.2, 0.25) is 0 Å². The molecule has 2 rings (SSSR count). The highest BCUT2D eigenvalue weighted by molar-refractivity contribution is 5.26. The molecule has 1 fully saturated rings. The standard InChI is InChI=1S/C14H18F3N/c1-10-2-4-11(5-3-10)12-8-13(9-12)18-7-6-14(15,16)17/h2-5,12-13,18H,6-9H2,1H3. The Labute approximate surface area is 105 Å². The Morgan fingerprint density at radius 3 is 2.33 bits per heavy atom. The van der Waals surface area contributed by atoms with Gasteiger partial charge in [-0.3, -0.25) is 0 Å². The van der Waals surface area contributed by atoms with E-state index < -0.39 is 12.6 Å². The maximum Gasteiger partial charge on any atom is 0.390 e. The summed E-state index contributed by atoms with van der Waals surface area (Å²) in [6, 6.07) is 8.65. The fourth-order valence-electron chi connectivity index (χ4n) is 2.31. The van der Waals surface area contributed by atoms with E-state index in [1.165, 1.54) is 11.1 Å². The van der Waals surface area contributed by atoms with E-state index in [4.69, 9.17) is 0 Å². The molecular weight excluding hydrogens is 239 g/mol. The highest BCUT2D eigenvalue weighted by atomic mass is 19.4. The first-order valence-electron chi connectivity index (χ1n) is 6.31. The second-order valence-corrected chi connectivity index (χ2v) is 5.10. The first-order valence-corrected chi connectivity index (χ1v) is 6.31. The predicted octanol–water partition coefficient (Wildman–Crippen LogP) is 3.78. The van der Waals surface area contributed by atoms with Crippen LogP contribution in [-0.4, -0.2) is 18.8 Å². The van der Waals surface area contributed by atoms with Crippen LogP contribution in [0.15, 0.2) is 24.3 Å². The van der Waals surface area contributed by atoms with Gasteiger partial charge in [0.05, 0.1) is 6.42 Å². The van der Waals surface area contributed by atoms with Gasteiger partial charge in [0.15, 0.2) is 0 Å². The number of alkyl halides is 3. The first kappa shape index (κ1) is 13.4. The predicted molar refractivity (Wildman–Crippen MR) is 65.6 cm³/mol. The van der Waals surface area contributed by atoms with Gasteiger partial charge >= 0.3 is 6.18 Å². The number of hydrogen-bond donors (Lipinski definition) is 1. The quantitative estimate of drug-likeness (QED) is 0.865. The number of hydrogen-bond acceptors (Lipinski definition) is 1. The Balaban J connectivity index is 1.69. The van der Waals surface area contributed by atoms with Gasteiger partial charge in [0.25, 0.3) is 0 Å². The Kier molecular flexibility index (Phi) is 3.95. The largest absolute Gasteiger partial charge is 0.390 e. The molecule has 1 aliphatic rings. The van der Waals surface area contributed by atoms with E-state index in [1.54, 1.807) is 0 Å². The van der Waals surface area contributed by atoms with Gasteiger partial charge in [0, 0.05) is 12.6 Å².